The number of hydrogen-bond donors (Lipinski definition) is 1. The van der Waals surface area contributed by atoms with Gasteiger partial charge in [-0.15, -0.1) is 0 Å². The first-order valence-corrected chi connectivity index (χ1v) is 7.86. The summed E-state index contributed by atoms with van der Waals surface area (Å²) >= 11 is 2.20. The molecule has 0 amide bonds. The van der Waals surface area contributed by atoms with Crippen LogP contribution in [-0.2, 0) is 11.2 Å². The van der Waals surface area contributed by atoms with Crippen molar-refractivity contribution < 1.29 is 14.5 Å². The Balaban J connectivity index is 2.44. The van der Waals surface area contributed by atoms with Crippen LogP contribution < -0.4 is 0 Å². The van der Waals surface area contributed by atoms with E-state index in [2.05, 4.69) is 27.6 Å². The average Bonchev–Trinajstić information content (AvgIpc) is 2.90. The number of aromatic nitrogens is 1. The molecule has 0 fully saturated rings. The van der Waals surface area contributed by atoms with Gasteiger partial charge >= 0.3 is 5.97 Å². The van der Waals surface area contributed by atoms with Crippen LogP contribution in [0.15, 0.2) is 30.5 Å². The second-order valence-corrected chi connectivity index (χ2v) is 5.84. The van der Waals surface area contributed by atoms with Crippen molar-refractivity contribution >= 4 is 28.6 Å². The Hall–Kier alpha value is -1.90. The van der Waals surface area contributed by atoms with Crippen LogP contribution in [0.5, 0.6) is 0 Å². The lowest BCUT2D eigenvalue weighted by atomic mass is 10.00. The molecule has 0 atom stereocenters. The van der Waals surface area contributed by atoms with Crippen molar-refractivity contribution in [3.63, 3.8) is 0 Å². The van der Waals surface area contributed by atoms with Crippen LogP contribution in [0.4, 0.5) is 0 Å². The van der Waals surface area contributed by atoms with Gasteiger partial charge in [-0.3, -0.25) is 10.1 Å². The summed E-state index contributed by atoms with van der Waals surface area (Å²) in [4.78, 5) is 25.3. The fourth-order valence-electron chi connectivity index (χ4n) is 2.18. The first kappa shape index (κ1) is 16.5. The summed E-state index contributed by atoms with van der Waals surface area (Å²) in [5.74, 6) is -0.431. The highest BCUT2D eigenvalue weighted by atomic mass is 127. The Kier molecular flexibility index (Phi) is 5.53. The molecule has 0 saturated heterocycles. The highest BCUT2D eigenvalue weighted by Gasteiger charge is 2.20. The third-order valence-electron chi connectivity index (χ3n) is 3.13. The molecule has 0 spiro atoms. The van der Waals surface area contributed by atoms with E-state index in [0.29, 0.717) is 16.8 Å². The lowest BCUT2D eigenvalue weighted by Crippen LogP contribution is -2.07. The molecule has 2 aromatic rings. The SMILES string of the molecule is CCOC(=O)c1c[nH]c(CC[N+](=O)[O-])c1-c1ccc(I)cc1. The van der Waals surface area contributed by atoms with E-state index in [1.54, 1.807) is 13.1 Å². The van der Waals surface area contributed by atoms with Gasteiger partial charge in [-0.1, -0.05) is 12.1 Å². The zero-order chi connectivity index (χ0) is 16.1. The summed E-state index contributed by atoms with van der Waals surface area (Å²) in [6.45, 7) is 1.82. The second-order valence-electron chi connectivity index (χ2n) is 4.59. The van der Waals surface area contributed by atoms with Gasteiger partial charge in [0.15, 0.2) is 0 Å². The second kappa shape index (κ2) is 7.39. The lowest BCUT2D eigenvalue weighted by Gasteiger charge is -2.07. The summed E-state index contributed by atoms with van der Waals surface area (Å²) in [6, 6.07) is 7.64. The molecule has 22 heavy (non-hydrogen) atoms. The molecular formula is C15H15IN2O4. The Morgan fingerprint density at radius 1 is 1.36 bits per heavy atom. The first-order valence-electron chi connectivity index (χ1n) is 6.78. The van der Waals surface area contributed by atoms with E-state index in [9.17, 15) is 14.9 Å². The molecule has 1 aromatic heterocycles. The van der Waals surface area contributed by atoms with Crippen LogP contribution in [0, 0.1) is 13.7 Å². The third-order valence-corrected chi connectivity index (χ3v) is 3.85. The van der Waals surface area contributed by atoms with Gasteiger partial charge in [0.05, 0.1) is 18.6 Å². The Morgan fingerprint density at radius 3 is 2.64 bits per heavy atom. The molecule has 116 valence electrons. The van der Waals surface area contributed by atoms with E-state index in [0.717, 1.165) is 9.13 Å². The highest BCUT2D eigenvalue weighted by molar-refractivity contribution is 14.1. The number of aromatic amines is 1. The van der Waals surface area contributed by atoms with Crippen molar-refractivity contribution in [2.24, 2.45) is 0 Å². The molecular weight excluding hydrogens is 399 g/mol. The van der Waals surface area contributed by atoms with Gasteiger partial charge in [0.2, 0.25) is 6.54 Å². The number of nitrogens with one attached hydrogen (secondary N) is 1. The zero-order valence-corrected chi connectivity index (χ0v) is 14.1. The number of carbonyl (C=O) groups is 1. The number of nitro groups is 1. The van der Waals surface area contributed by atoms with Gasteiger partial charge in [-0.2, -0.15) is 0 Å². The molecule has 1 N–H and O–H groups in total. The number of esters is 1. The fourth-order valence-corrected chi connectivity index (χ4v) is 2.54. The number of halogens is 1. The van der Waals surface area contributed by atoms with Crippen molar-refractivity contribution in [2.45, 2.75) is 13.3 Å². The minimum absolute atomic E-state index is 0.194. The van der Waals surface area contributed by atoms with Crippen LogP contribution in [0.2, 0.25) is 0 Å². The molecule has 0 aliphatic heterocycles. The third kappa shape index (κ3) is 3.85. The molecule has 2 rings (SSSR count). The van der Waals surface area contributed by atoms with Crippen LogP contribution in [0.3, 0.4) is 0 Å². The monoisotopic (exact) mass is 414 g/mol. The van der Waals surface area contributed by atoms with E-state index in [1.807, 2.05) is 24.3 Å². The van der Waals surface area contributed by atoms with Crippen molar-refractivity contribution in [3.8, 4) is 11.1 Å². The van der Waals surface area contributed by atoms with Gasteiger partial charge in [0.1, 0.15) is 0 Å². The number of benzene rings is 1. The van der Waals surface area contributed by atoms with Gasteiger partial charge < -0.3 is 9.72 Å². The molecule has 0 saturated carbocycles. The van der Waals surface area contributed by atoms with Gasteiger partial charge in [-0.05, 0) is 47.2 Å². The van der Waals surface area contributed by atoms with Crippen molar-refractivity contribution in [1.29, 1.82) is 0 Å². The topological polar surface area (TPSA) is 85.2 Å². The molecule has 0 radical (unpaired) electrons. The minimum atomic E-state index is -0.431. The number of ether oxygens (including phenoxy) is 1. The Bertz CT molecular complexity index is 679. The number of H-pyrrole nitrogens is 1. The van der Waals surface area contributed by atoms with E-state index in [1.165, 1.54) is 0 Å². The molecule has 1 aromatic carbocycles. The van der Waals surface area contributed by atoms with Crippen LogP contribution in [0.25, 0.3) is 11.1 Å². The lowest BCUT2D eigenvalue weighted by molar-refractivity contribution is -0.479. The van der Waals surface area contributed by atoms with E-state index in [-0.39, 0.29) is 24.5 Å². The van der Waals surface area contributed by atoms with Gasteiger partial charge in [-0.25, -0.2) is 4.79 Å². The van der Waals surface area contributed by atoms with E-state index >= 15 is 0 Å². The molecule has 0 bridgehead atoms. The average molecular weight is 414 g/mol. The summed E-state index contributed by atoms with van der Waals surface area (Å²) in [7, 11) is 0. The molecule has 7 heteroatoms. The van der Waals surface area contributed by atoms with Crippen LogP contribution in [0.1, 0.15) is 23.0 Å². The smallest absolute Gasteiger partial charge is 0.340 e. The number of rotatable bonds is 6. The number of carbonyl (C=O) groups excluding carboxylic acids is 1. The Labute approximate surface area is 141 Å². The highest BCUT2D eigenvalue weighted by Crippen LogP contribution is 2.29. The normalized spacial score (nSPS) is 10.5. The first-order chi connectivity index (χ1) is 10.5. The van der Waals surface area contributed by atoms with Crippen molar-refractivity contribution in [3.05, 3.63) is 55.4 Å². The quantitative estimate of drug-likeness (QED) is 0.340. The Morgan fingerprint density at radius 2 is 2.05 bits per heavy atom. The standard InChI is InChI=1S/C15H15IN2O4/c1-2-22-15(19)12-9-17-13(7-8-18(20)21)14(12)10-3-5-11(16)6-4-10/h3-6,9,17H,2,7-8H2,1H3. The van der Waals surface area contributed by atoms with Crippen LogP contribution >= 0.6 is 22.6 Å². The molecule has 6 nitrogen and oxygen atoms in total. The number of hydrogen-bond acceptors (Lipinski definition) is 4. The predicted octanol–water partition coefficient (Wildman–Crippen LogP) is 3.28. The minimum Gasteiger partial charge on any atom is -0.462 e. The molecule has 0 aliphatic carbocycles. The molecule has 0 unspecified atom stereocenters. The number of nitrogens with zero attached hydrogens (tertiary/aromatic N) is 1. The van der Waals surface area contributed by atoms with Crippen molar-refractivity contribution in [1.82, 2.24) is 4.98 Å². The maximum absolute atomic E-state index is 12.1. The maximum Gasteiger partial charge on any atom is 0.340 e. The van der Waals surface area contributed by atoms with Crippen LogP contribution in [-0.4, -0.2) is 29.0 Å². The van der Waals surface area contributed by atoms with E-state index in [4.69, 9.17) is 4.74 Å². The summed E-state index contributed by atoms with van der Waals surface area (Å²) in [5.41, 5.74) is 2.59. The largest absolute Gasteiger partial charge is 0.462 e. The molecule has 0 aliphatic rings. The fraction of sp³-hybridized carbons (Fsp3) is 0.267. The maximum atomic E-state index is 12.1. The summed E-state index contributed by atoms with van der Waals surface area (Å²) in [6.07, 6.45) is 1.79. The van der Waals surface area contributed by atoms with Gasteiger partial charge in [0.25, 0.3) is 0 Å². The summed E-state index contributed by atoms with van der Waals surface area (Å²) in [5, 5.41) is 10.6. The summed E-state index contributed by atoms with van der Waals surface area (Å²) < 4.78 is 6.13. The van der Waals surface area contributed by atoms with Crippen molar-refractivity contribution in [2.75, 3.05) is 13.2 Å². The van der Waals surface area contributed by atoms with E-state index < -0.39 is 5.97 Å². The van der Waals surface area contributed by atoms with Gasteiger partial charge in [0, 0.05) is 25.9 Å². The predicted molar refractivity (Wildman–Crippen MR) is 90.5 cm³/mol. The zero-order valence-electron chi connectivity index (χ0n) is 12.0. The molecule has 1 heterocycles.